The van der Waals surface area contributed by atoms with Gasteiger partial charge in [0.05, 0.1) is 16.7 Å². The lowest BCUT2D eigenvalue weighted by molar-refractivity contribution is -0.383. The maximum Gasteiger partial charge on any atom is 0.294 e. The van der Waals surface area contributed by atoms with Gasteiger partial charge in [-0.2, -0.15) is 0 Å². The summed E-state index contributed by atoms with van der Waals surface area (Å²) in [5, 5.41) is 14.4. The summed E-state index contributed by atoms with van der Waals surface area (Å²) in [4.78, 5) is 35.9. The first-order valence-electron chi connectivity index (χ1n) is 8.32. The minimum atomic E-state index is -0.523. The topological polar surface area (TPSA) is 102 Å². The monoisotopic (exact) mass is 349 g/mol. The van der Waals surface area contributed by atoms with Crippen molar-refractivity contribution in [1.82, 2.24) is 0 Å². The van der Waals surface area contributed by atoms with Crippen molar-refractivity contribution >= 4 is 28.9 Å². The van der Waals surface area contributed by atoms with Gasteiger partial charge in [0, 0.05) is 31.6 Å². The second kappa shape index (κ2) is 8.06. The molecule has 0 aliphatic carbocycles. The van der Waals surface area contributed by atoms with E-state index in [1.807, 2.05) is 13.8 Å². The number of benzene rings is 1. The second-order valence-corrected chi connectivity index (χ2v) is 6.33. The molecule has 25 heavy (non-hydrogen) atoms. The number of ether oxygens (including phenoxy) is 1. The van der Waals surface area contributed by atoms with Gasteiger partial charge in [0.1, 0.15) is 5.69 Å². The molecular formula is C17H23N3O5. The molecule has 2 amide bonds. The Hall–Kier alpha value is -2.48. The molecule has 1 aliphatic heterocycles. The number of hydrogen-bond donors (Lipinski definition) is 1. The summed E-state index contributed by atoms with van der Waals surface area (Å²) in [5.41, 5.74) is 0.424. The third kappa shape index (κ3) is 4.54. The fourth-order valence-corrected chi connectivity index (χ4v) is 2.63. The quantitative estimate of drug-likeness (QED) is 0.335. The van der Waals surface area contributed by atoms with Gasteiger partial charge in [0.25, 0.3) is 5.69 Å². The summed E-state index contributed by atoms with van der Waals surface area (Å²) < 4.78 is 5.42. The fraction of sp³-hybridized carbons (Fsp3) is 0.529. The average molecular weight is 349 g/mol. The second-order valence-electron chi connectivity index (χ2n) is 6.33. The minimum Gasteiger partial charge on any atom is -0.379 e. The highest BCUT2D eigenvalue weighted by Gasteiger charge is 2.37. The minimum absolute atomic E-state index is 0.127. The van der Waals surface area contributed by atoms with Crippen LogP contribution in [-0.2, 0) is 14.3 Å². The molecule has 1 aromatic rings. The summed E-state index contributed by atoms with van der Waals surface area (Å²) in [6.45, 7) is 6.64. The molecule has 0 spiro atoms. The van der Waals surface area contributed by atoms with E-state index in [1.165, 1.54) is 12.1 Å². The van der Waals surface area contributed by atoms with E-state index < -0.39 is 10.8 Å². The van der Waals surface area contributed by atoms with Gasteiger partial charge in [-0.15, -0.1) is 0 Å². The van der Waals surface area contributed by atoms with Crippen molar-refractivity contribution in [1.29, 1.82) is 0 Å². The smallest absolute Gasteiger partial charge is 0.294 e. The number of nitro benzene ring substituents is 1. The van der Waals surface area contributed by atoms with Crippen LogP contribution in [0.5, 0.6) is 0 Å². The molecule has 1 saturated heterocycles. The first kappa shape index (κ1) is 18.9. The summed E-state index contributed by atoms with van der Waals surface area (Å²) >= 11 is 0. The molecule has 0 bridgehead atoms. The van der Waals surface area contributed by atoms with Gasteiger partial charge in [-0.25, -0.2) is 0 Å². The lowest BCUT2D eigenvalue weighted by Gasteiger charge is -2.15. The van der Waals surface area contributed by atoms with Crippen LogP contribution < -0.4 is 10.2 Å². The number of carbonyl (C=O) groups excluding carboxylic acids is 2. The van der Waals surface area contributed by atoms with Crippen LogP contribution in [0, 0.1) is 16.0 Å². The molecule has 8 heteroatoms. The number of carbonyl (C=O) groups is 2. The highest BCUT2D eigenvalue weighted by molar-refractivity contribution is 6.21. The largest absolute Gasteiger partial charge is 0.379 e. The van der Waals surface area contributed by atoms with Crippen LogP contribution in [0.25, 0.3) is 0 Å². The zero-order chi connectivity index (χ0) is 18.6. The molecule has 1 aromatic carbocycles. The maximum absolute atomic E-state index is 12.1. The van der Waals surface area contributed by atoms with Crippen LogP contribution in [0.3, 0.4) is 0 Å². The van der Waals surface area contributed by atoms with Crippen molar-refractivity contribution in [3.05, 3.63) is 28.3 Å². The van der Waals surface area contributed by atoms with E-state index in [1.54, 1.807) is 13.0 Å². The third-order valence-electron chi connectivity index (χ3n) is 3.90. The van der Waals surface area contributed by atoms with E-state index in [4.69, 9.17) is 4.74 Å². The first-order valence-corrected chi connectivity index (χ1v) is 8.32. The Morgan fingerprint density at radius 1 is 1.40 bits per heavy atom. The highest BCUT2D eigenvalue weighted by atomic mass is 16.6. The Balaban J connectivity index is 2.11. The Labute approximate surface area is 146 Å². The number of hydrogen-bond acceptors (Lipinski definition) is 6. The molecule has 0 radical (unpaired) electrons. The van der Waals surface area contributed by atoms with Crippen molar-refractivity contribution < 1.29 is 19.2 Å². The number of amides is 2. The molecule has 1 fully saturated rings. The van der Waals surface area contributed by atoms with Gasteiger partial charge in [-0.1, -0.05) is 6.92 Å². The number of nitro groups is 1. The normalized spacial score (nSPS) is 17.4. The van der Waals surface area contributed by atoms with Gasteiger partial charge >= 0.3 is 0 Å². The first-order chi connectivity index (χ1) is 11.8. The van der Waals surface area contributed by atoms with Crippen LogP contribution in [0.2, 0.25) is 0 Å². The zero-order valence-corrected chi connectivity index (χ0v) is 14.7. The van der Waals surface area contributed by atoms with Crippen molar-refractivity contribution in [2.75, 3.05) is 23.4 Å². The van der Waals surface area contributed by atoms with Gasteiger partial charge < -0.3 is 10.1 Å². The van der Waals surface area contributed by atoms with E-state index >= 15 is 0 Å². The molecule has 1 aliphatic rings. The lowest BCUT2D eigenvalue weighted by atomic mass is 10.1. The van der Waals surface area contributed by atoms with Crippen molar-refractivity contribution in [3.63, 3.8) is 0 Å². The standard InChI is InChI=1S/C17H23N3O5/c1-11(2)25-8-4-7-18-14-6-5-13(10-15(14)20(23)24)19-16(21)9-12(3)17(19)22/h5-6,10-12,18H,4,7-9H2,1-3H3/t12-/m1/s1. The van der Waals surface area contributed by atoms with E-state index in [-0.39, 0.29) is 35.7 Å². The summed E-state index contributed by atoms with van der Waals surface area (Å²) in [6, 6.07) is 4.34. The van der Waals surface area contributed by atoms with Crippen LogP contribution in [0.15, 0.2) is 18.2 Å². The van der Waals surface area contributed by atoms with Crippen LogP contribution in [0.1, 0.15) is 33.6 Å². The predicted molar refractivity (Wildman–Crippen MR) is 93.6 cm³/mol. The van der Waals surface area contributed by atoms with Crippen LogP contribution in [-0.4, -0.2) is 36.0 Å². The van der Waals surface area contributed by atoms with Gasteiger partial charge in [0.2, 0.25) is 11.8 Å². The average Bonchev–Trinajstić information content (AvgIpc) is 2.79. The van der Waals surface area contributed by atoms with Gasteiger partial charge in [-0.05, 0) is 32.4 Å². The van der Waals surface area contributed by atoms with E-state index in [0.717, 1.165) is 4.90 Å². The number of imide groups is 1. The summed E-state index contributed by atoms with van der Waals surface area (Å²) in [7, 11) is 0. The maximum atomic E-state index is 12.1. The number of nitrogens with zero attached hydrogens (tertiary/aromatic N) is 2. The molecule has 2 rings (SSSR count). The molecule has 136 valence electrons. The van der Waals surface area contributed by atoms with E-state index in [0.29, 0.717) is 25.3 Å². The lowest BCUT2D eigenvalue weighted by Crippen LogP contribution is -2.30. The number of anilines is 2. The molecule has 1 N–H and O–H groups in total. The van der Waals surface area contributed by atoms with Crippen molar-refractivity contribution in [2.24, 2.45) is 5.92 Å². The van der Waals surface area contributed by atoms with Crippen LogP contribution >= 0.6 is 0 Å². The number of rotatable bonds is 8. The summed E-state index contributed by atoms with van der Waals surface area (Å²) in [6.07, 6.45) is 0.978. The van der Waals surface area contributed by atoms with Crippen LogP contribution in [0.4, 0.5) is 17.1 Å². The summed E-state index contributed by atoms with van der Waals surface area (Å²) in [5.74, 6) is -1.06. The molecular weight excluding hydrogens is 326 g/mol. The zero-order valence-electron chi connectivity index (χ0n) is 14.7. The SMILES string of the molecule is CC(C)OCCCNc1ccc(N2C(=O)C[C@@H](C)C2=O)cc1[N+](=O)[O-]. The number of nitrogens with one attached hydrogen (secondary N) is 1. The Kier molecular flexibility index (Phi) is 6.08. The fourth-order valence-electron chi connectivity index (χ4n) is 2.63. The van der Waals surface area contributed by atoms with Gasteiger partial charge in [-0.3, -0.25) is 24.6 Å². The Morgan fingerprint density at radius 2 is 2.12 bits per heavy atom. The molecule has 1 heterocycles. The molecule has 0 aromatic heterocycles. The molecule has 8 nitrogen and oxygen atoms in total. The van der Waals surface area contributed by atoms with Crippen molar-refractivity contribution in [2.45, 2.75) is 39.7 Å². The molecule has 1 atom stereocenters. The van der Waals surface area contributed by atoms with E-state index in [2.05, 4.69) is 5.32 Å². The Morgan fingerprint density at radius 3 is 2.68 bits per heavy atom. The predicted octanol–water partition coefficient (Wildman–Crippen LogP) is 2.72. The molecule has 0 saturated carbocycles. The highest BCUT2D eigenvalue weighted by Crippen LogP contribution is 2.33. The van der Waals surface area contributed by atoms with Gasteiger partial charge in [0.15, 0.2) is 0 Å². The van der Waals surface area contributed by atoms with Crippen molar-refractivity contribution in [3.8, 4) is 0 Å². The third-order valence-corrected chi connectivity index (χ3v) is 3.90. The Bertz CT molecular complexity index is 674. The van der Waals surface area contributed by atoms with E-state index in [9.17, 15) is 19.7 Å². The molecule has 0 unspecified atom stereocenters.